The Bertz CT molecular complexity index is 128. The van der Waals surface area contributed by atoms with Gasteiger partial charge in [-0.1, -0.05) is 20.3 Å². The quantitative estimate of drug-likeness (QED) is 0.439. The van der Waals surface area contributed by atoms with Gasteiger partial charge >= 0.3 is 0 Å². The van der Waals surface area contributed by atoms with Crippen LogP contribution in [0.3, 0.4) is 0 Å². The predicted octanol–water partition coefficient (Wildman–Crippen LogP) is 3.59. The van der Waals surface area contributed by atoms with Gasteiger partial charge in [-0.2, -0.15) is 5.26 Å². The van der Waals surface area contributed by atoms with E-state index in [-0.39, 0.29) is 7.92 Å². The third kappa shape index (κ3) is 6.62. The number of nitrogens with zero attached hydrogens (tertiary/aromatic N) is 1. The van der Waals surface area contributed by atoms with Crippen molar-refractivity contribution in [3.8, 4) is 6.07 Å². The molecule has 0 aromatic heterocycles. The van der Waals surface area contributed by atoms with Crippen molar-refractivity contribution in [1.29, 1.82) is 5.26 Å². The molecule has 0 radical (unpaired) electrons. The molecule has 0 aliphatic heterocycles. The molecule has 1 atom stereocenters. The number of nitriles is 1. The molecule has 0 heterocycles. The normalized spacial score (nSPS) is 12.4. The summed E-state index contributed by atoms with van der Waals surface area (Å²) < 4.78 is 0. The van der Waals surface area contributed by atoms with Gasteiger partial charge in [-0.15, -0.1) is 7.92 Å². The molecule has 0 spiro atoms. The Morgan fingerprint density at radius 1 is 1.17 bits per heavy atom. The topological polar surface area (TPSA) is 23.8 Å². The Kier molecular flexibility index (Phi) is 8.95. The first-order valence-corrected chi connectivity index (χ1v) is 6.84. The van der Waals surface area contributed by atoms with E-state index in [0.29, 0.717) is 0 Å². The molecule has 0 aliphatic carbocycles. The van der Waals surface area contributed by atoms with Gasteiger partial charge in [0.25, 0.3) is 0 Å². The average Bonchev–Trinajstić information content (AvgIpc) is 2.11. The molecule has 0 saturated heterocycles. The van der Waals surface area contributed by atoms with Crippen molar-refractivity contribution >= 4 is 7.92 Å². The minimum atomic E-state index is 0.273. The Balaban J connectivity index is 3.34. The lowest BCUT2D eigenvalue weighted by molar-refractivity contribution is 0.883. The molecule has 1 unspecified atom stereocenters. The van der Waals surface area contributed by atoms with E-state index in [1.165, 1.54) is 31.3 Å². The fourth-order valence-corrected chi connectivity index (χ4v) is 3.42. The molecule has 0 aromatic rings. The first kappa shape index (κ1) is 11.9. The molecule has 0 fully saturated rings. The smallest absolute Gasteiger partial charge is 0.0621 e. The minimum absolute atomic E-state index is 0.273. The summed E-state index contributed by atoms with van der Waals surface area (Å²) >= 11 is 0. The second-order valence-electron chi connectivity index (χ2n) is 3.05. The molecule has 0 aliphatic rings. The molecule has 12 heavy (non-hydrogen) atoms. The van der Waals surface area contributed by atoms with Crippen molar-refractivity contribution in [1.82, 2.24) is 0 Å². The van der Waals surface area contributed by atoms with E-state index in [4.69, 9.17) is 5.26 Å². The second kappa shape index (κ2) is 9.01. The summed E-state index contributed by atoms with van der Waals surface area (Å²) in [6, 6.07) is 2.21. The van der Waals surface area contributed by atoms with Crippen molar-refractivity contribution in [3.63, 3.8) is 0 Å². The highest BCUT2D eigenvalue weighted by Crippen LogP contribution is 2.36. The molecule has 2 heteroatoms. The van der Waals surface area contributed by atoms with Crippen LogP contribution in [-0.4, -0.2) is 18.5 Å². The van der Waals surface area contributed by atoms with Gasteiger partial charge in [-0.05, 0) is 31.3 Å². The molecule has 1 nitrogen and oxygen atoms in total. The van der Waals surface area contributed by atoms with Crippen molar-refractivity contribution in [2.75, 3.05) is 18.5 Å². The third-order valence-electron chi connectivity index (χ3n) is 2.04. The van der Waals surface area contributed by atoms with Gasteiger partial charge in [0.15, 0.2) is 0 Å². The van der Waals surface area contributed by atoms with E-state index >= 15 is 0 Å². The lowest BCUT2D eigenvalue weighted by atomic mass is 10.4. The molecule has 0 aromatic carbocycles. The summed E-state index contributed by atoms with van der Waals surface area (Å²) in [5.74, 6) is 0. The van der Waals surface area contributed by atoms with Gasteiger partial charge in [0.05, 0.1) is 6.07 Å². The Morgan fingerprint density at radius 2 is 1.83 bits per heavy atom. The van der Waals surface area contributed by atoms with Crippen LogP contribution in [0.1, 0.15) is 39.5 Å². The van der Waals surface area contributed by atoms with E-state index in [9.17, 15) is 0 Å². The maximum Gasteiger partial charge on any atom is 0.0621 e. The largest absolute Gasteiger partial charge is 0.198 e. The molecule has 70 valence electrons. The van der Waals surface area contributed by atoms with Crippen LogP contribution in [0.5, 0.6) is 0 Å². The standard InChI is InChI=1S/C10H20NP/c1-3-5-9-12(4-2)10-7-6-8-11/h3-7,9-10H2,1-2H3. The second-order valence-corrected chi connectivity index (χ2v) is 5.92. The van der Waals surface area contributed by atoms with E-state index < -0.39 is 0 Å². The van der Waals surface area contributed by atoms with Crippen LogP contribution in [0.15, 0.2) is 0 Å². The van der Waals surface area contributed by atoms with Gasteiger partial charge in [-0.25, -0.2) is 0 Å². The van der Waals surface area contributed by atoms with Gasteiger partial charge < -0.3 is 0 Å². The van der Waals surface area contributed by atoms with E-state index in [1.54, 1.807) is 0 Å². The summed E-state index contributed by atoms with van der Waals surface area (Å²) in [6.07, 6.45) is 8.67. The Labute approximate surface area is 77.9 Å². The lowest BCUT2D eigenvalue weighted by Crippen LogP contribution is -1.92. The monoisotopic (exact) mass is 185 g/mol. The van der Waals surface area contributed by atoms with Crippen LogP contribution in [0, 0.1) is 11.3 Å². The fourth-order valence-electron chi connectivity index (χ4n) is 1.19. The van der Waals surface area contributed by atoms with Crippen LogP contribution in [-0.2, 0) is 0 Å². The average molecular weight is 185 g/mol. The molecule has 0 saturated carbocycles. The van der Waals surface area contributed by atoms with Crippen molar-refractivity contribution in [2.24, 2.45) is 0 Å². The summed E-state index contributed by atoms with van der Waals surface area (Å²) in [5, 5.41) is 8.39. The van der Waals surface area contributed by atoms with Crippen LogP contribution < -0.4 is 0 Å². The van der Waals surface area contributed by atoms with Crippen LogP contribution in [0.4, 0.5) is 0 Å². The van der Waals surface area contributed by atoms with Gasteiger partial charge in [0.2, 0.25) is 0 Å². The van der Waals surface area contributed by atoms with Gasteiger partial charge in [0.1, 0.15) is 0 Å². The van der Waals surface area contributed by atoms with Gasteiger partial charge in [0, 0.05) is 6.42 Å². The number of rotatable bonds is 7. The maximum atomic E-state index is 8.39. The molecular formula is C10H20NP. The third-order valence-corrected chi connectivity index (χ3v) is 4.83. The van der Waals surface area contributed by atoms with Crippen LogP contribution >= 0.6 is 7.92 Å². The molecular weight excluding hydrogens is 165 g/mol. The lowest BCUT2D eigenvalue weighted by Gasteiger charge is -2.13. The number of hydrogen-bond acceptors (Lipinski definition) is 1. The Hall–Kier alpha value is -0.0800. The summed E-state index contributed by atoms with van der Waals surface area (Å²) in [5.41, 5.74) is 0. The molecule has 0 bridgehead atoms. The van der Waals surface area contributed by atoms with E-state index in [2.05, 4.69) is 19.9 Å². The molecule has 0 rings (SSSR count). The zero-order valence-electron chi connectivity index (χ0n) is 8.34. The van der Waals surface area contributed by atoms with Crippen molar-refractivity contribution < 1.29 is 0 Å². The SMILES string of the molecule is CCCCP(CC)CCCC#N. The minimum Gasteiger partial charge on any atom is -0.198 e. The highest BCUT2D eigenvalue weighted by Gasteiger charge is 2.03. The summed E-state index contributed by atoms with van der Waals surface area (Å²) in [7, 11) is 0.273. The van der Waals surface area contributed by atoms with Gasteiger partial charge in [-0.3, -0.25) is 0 Å². The number of hydrogen-bond donors (Lipinski definition) is 0. The van der Waals surface area contributed by atoms with Crippen molar-refractivity contribution in [2.45, 2.75) is 39.5 Å². The van der Waals surface area contributed by atoms with E-state index in [0.717, 1.165) is 12.8 Å². The fraction of sp³-hybridized carbons (Fsp3) is 0.900. The van der Waals surface area contributed by atoms with Crippen LogP contribution in [0.2, 0.25) is 0 Å². The van der Waals surface area contributed by atoms with Crippen LogP contribution in [0.25, 0.3) is 0 Å². The zero-order chi connectivity index (χ0) is 9.23. The predicted molar refractivity (Wildman–Crippen MR) is 57.0 cm³/mol. The van der Waals surface area contributed by atoms with E-state index in [1.807, 2.05) is 0 Å². The molecule has 0 N–H and O–H groups in total. The first-order chi connectivity index (χ1) is 5.85. The maximum absolute atomic E-state index is 8.39. The Morgan fingerprint density at radius 3 is 2.33 bits per heavy atom. The highest BCUT2D eigenvalue weighted by atomic mass is 31.1. The number of unbranched alkanes of at least 4 members (excludes halogenated alkanes) is 2. The highest BCUT2D eigenvalue weighted by molar-refractivity contribution is 7.57. The zero-order valence-corrected chi connectivity index (χ0v) is 9.24. The molecule has 0 amide bonds. The first-order valence-electron chi connectivity index (χ1n) is 4.94. The van der Waals surface area contributed by atoms with Crippen molar-refractivity contribution in [3.05, 3.63) is 0 Å². The summed E-state index contributed by atoms with van der Waals surface area (Å²) in [4.78, 5) is 0. The summed E-state index contributed by atoms with van der Waals surface area (Å²) in [6.45, 7) is 4.53.